The van der Waals surface area contributed by atoms with Crippen molar-refractivity contribution in [2.24, 2.45) is 12.0 Å². The van der Waals surface area contributed by atoms with Crippen molar-refractivity contribution in [1.82, 2.24) is 25.3 Å². The Morgan fingerprint density at radius 1 is 1.16 bits per heavy atom. The van der Waals surface area contributed by atoms with Crippen molar-refractivity contribution < 1.29 is 4.74 Å². The summed E-state index contributed by atoms with van der Waals surface area (Å²) in [7, 11) is 2.02. The molecule has 0 atom stereocenters. The maximum Gasteiger partial charge on any atom is 0.191 e. The van der Waals surface area contributed by atoms with Crippen LogP contribution in [0.5, 0.6) is 0 Å². The summed E-state index contributed by atoms with van der Waals surface area (Å²) in [5.74, 6) is 0.878. The third-order valence-corrected chi connectivity index (χ3v) is 4.59. The maximum absolute atomic E-state index is 5.39. The molecule has 0 aromatic carbocycles. The van der Waals surface area contributed by atoms with E-state index >= 15 is 0 Å². The molecule has 0 saturated carbocycles. The first-order valence-electron chi connectivity index (χ1n) is 9.55. The van der Waals surface area contributed by atoms with Gasteiger partial charge in [-0.25, -0.2) is 4.99 Å². The van der Waals surface area contributed by atoms with Crippen LogP contribution < -0.4 is 10.6 Å². The summed E-state index contributed by atoms with van der Waals surface area (Å²) in [6.07, 6.45) is 1.93. The molecule has 7 heteroatoms. The van der Waals surface area contributed by atoms with Crippen LogP contribution in [-0.2, 0) is 31.2 Å². The van der Waals surface area contributed by atoms with Crippen molar-refractivity contribution in [3.05, 3.63) is 17.0 Å². The number of rotatable bonds is 8. The fourth-order valence-corrected chi connectivity index (χ4v) is 3.23. The predicted octanol–water partition coefficient (Wildman–Crippen LogP) is 0.932. The first kappa shape index (κ1) is 19.7. The smallest absolute Gasteiger partial charge is 0.191 e. The monoisotopic (exact) mass is 350 g/mol. The Hall–Kier alpha value is -1.60. The van der Waals surface area contributed by atoms with Gasteiger partial charge in [-0.3, -0.25) is 9.58 Å². The summed E-state index contributed by atoms with van der Waals surface area (Å²) in [5.41, 5.74) is 3.72. The Labute approximate surface area is 151 Å². The SMILES string of the molecule is CCNC(=NCc1c(CC)nn(C)c1CC)NCCN1CCOCC1. The number of ether oxygens (including phenoxy) is 1. The molecule has 1 aliphatic rings. The first-order chi connectivity index (χ1) is 12.2. The zero-order chi connectivity index (χ0) is 18.1. The fourth-order valence-electron chi connectivity index (χ4n) is 3.23. The Morgan fingerprint density at radius 3 is 2.56 bits per heavy atom. The number of aromatic nitrogens is 2. The quantitative estimate of drug-likeness (QED) is 0.539. The number of aliphatic imine (C=N–C) groups is 1. The molecule has 1 saturated heterocycles. The van der Waals surface area contributed by atoms with Crippen molar-refractivity contribution >= 4 is 5.96 Å². The average Bonchev–Trinajstić information content (AvgIpc) is 2.95. The van der Waals surface area contributed by atoms with Crippen molar-refractivity contribution in [2.45, 2.75) is 40.2 Å². The number of nitrogens with zero attached hydrogens (tertiary/aromatic N) is 4. The van der Waals surface area contributed by atoms with Gasteiger partial charge in [-0.1, -0.05) is 13.8 Å². The van der Waals surface area contributed by atoms with Crippen LogP contribution in [0.2, 0.25) is 0 Å². The summed E-state index contributed by atoms with van der Waals surface area (Å²) in [6, 6.07) is 0. The van der Waals surface area contributed by atoms with Gasteiger partial charge in [-0.15, -0.1) is 0 Å². The molecule has 7 nitrogen and oxygen atoms in total. The zero-order valence-corrected chi connectivity index (χ0v) is 16.3. The number of nitrogens with one attached hydrogen (secondary N) is 2. The van der Waals surface area contributed by atoms with E-state index < -0.39 is 0 Å². The second-order valence-electron chi connectivity index (χ2n) is 6.28. The second-order valence-corrected chi connectivity index (χ2v) is 6.28. The van der Waals surface area contributed by atoms with E-state index in [1.54, 1.807) is 0 Å². The number of hydrogen-bond acceptors (Lipinski definition) is 4. The Kier molecular flexibility index (Phi) is 8.21. The van der Waals surface area contributed by atoms with E-state index in [1.807, 2.05) is 11.7 Å². The molecule has 0 radical (unpaired) electrons. The molecule has 0 amide bonds. The van der Waals surface area contributed by atoms with Crippen LogP contribution in [0.15, 0.2) is 4.99 Å². The maximum atomic E-state index is 5.39. The summed E-state index contributed by atoms with van der Waals surface area (Å²) in [5, 5.41) is 11.4. The Bertz CT molecular complexity index is 548. The van der Waals surface area contributed by atoms with Crippen LogP contribution in [-0.4, -0.2) is 66.6 Å². The van der Waals surface area contributed by atoms with E-state index in [0.29, 0.717) is 6.54 Å². The van der Waals surface area contributed by atoms with Crippen molar-refractivity contribution in [1.29, 1.82) is 0 Å². The van der Waals surface area contributed by atoms with Crippen LogP contribution in [0, 0.1) is 0 Å². The van der Waals surface area contributed by atoms with E-state index in [-0.39, 0.29) is 0 Å². The molecule has 142 valence electrons. The van der Waals surface area contributed by atoms with E-state index in [1.165, 1.54) is 11.3 Å². The fraction of sp³-hybridized carbons (Fsp3) is 0.778. The second kappa shape index (κ2) is 10.4. The third-order valence-electron chi connectivity index (χ3n) is 4.59. The number of guanidine groups is 1. The van der Waals surface area contributed by atoms with Crippen molar-refractivity contribution in [2.75, 3.05) is 45.9 Å². The number of aryl methyl sites for hydroxylation is 2. The van der Waals surface area contributed by atoms with Gasteiger partial charge in [0, 0.05) is 51.0 Å². The predicted molar refractivity (Wildman–Crippen MR) is 102 cm³/mol. The molecule has 0 unspecified atom stereocenters. The van der Waals surface area contributed by atoms with Crippen LogP contribution in [0.3, 0.4) is 0 Å². The molecule has 0 spiro atoms. The summed E-state index contributed by atoms with van der Waals surface area (Å²) in [6.45, 7) is 13.6. The van der Waals surface area contributed by atoms with E-state index in [4.69, 9.17) is 9.73 Å². The minimum absolute atomic E-state index is 0.674. The lowest BCUT2D eigenvalue weighted by Crippen LogP contribution is -2.44. The lowest BCUT2D eigenvalue weighted by atomic mass is 10.1. The van der Waals surface area contributed by atoms with Gasteiger partial charge in [0.2, 0.25) is 0 Å². The van der Waals surface area contributed by atoms with E-state index in [2.05, 4.69) is 41.4 Å². The van der Waals surface area contributed by atoms with Gasteiger partial charge in [0.15, 0.2) is 5.96 Å². The molecular formula is C18H34N6O. The van der Waals surface area contributed by atoms with Crippen molar-refractivity contribution in [3.8, 4) is 0 Å². The van der Waals surface area contributed by atoms with E-state index in [0.717, 1.165) is 70.4 Å². The average molecular weight is 351 g/mol. The molecule has 1 aliphatic heterocycles. The number of hydrogen-bond donors (Lipinski definition) is 2. The summed E-state index contributed by atoms with van der Waals surface area (Å²) in [4.78, 5) is 7.22. The molecule has 0 aliphatic carbocycles. The van der Waals surface area contributed by atoms with Gasteiger partial charge in [0.25, 0.3) is 0 Å². The molecule has 2 rings (SSSR count). The number of morpholine rings is 1. The lowest BCUT2D eigenvalue weighted by molar-refractivity contribution is 0.0389. The van der Waals surface area contributed by atoms with Gasteiger partial charge in [-0.05, 0) is 19.8 Å². The topological polar surface area (TPSA) is 66.7 Å². The zero-order valence-electron chi connectivity index (χ0n) is 16.3. The third kappa shape index (κ3) is 5.71. The van der Waals surface area contributed by atoms with Gasteiger partial charge >= 0.3 is 0 Å². The highest BCUT2D eigenvalue weighted by atomic mass is 16.5. The van der Waals surface area contributed by atoms with Gasteiger partial charge in [-0.2, -0.15) is 5.10 Å². The largest absolute Gasteiger partial charge is 0.379 e. The highest BCUT2D eigenvalue weighted by Crippen LogP contribution is 2.16. The summed E-state index contributed by atoms with van der Waals surface area (Å²) < 4.78 is 7.40. The highest BCUT2D eigenvalue weighted by Gasteiger charge is 2.13. The van der Waals surface area contributed by atoms with Gasteiger partial charge < -0.3 is 15.4 Å². The first-order valence-corrected chi connectivity index (χ1v) is 9.55. The van der Waals surface area contributed by atoms with Gasteiger partial charge in [0.1, 0.15) is 0 Å². The molecule has 1 aromatic heterocycles. The van der Waals surface area contributed by atoms with Crippen molar-refractivity contribution in [3.63, 3.8) is 0 Å². The Morgan fingerprint density at radius 2 is 1.92 bits per heavy atom. The molecule has 25 heavy (non-hydrogen) atoms. The normalized spacial score (nSPS) is 16.2. The standard InChI is InChI=1S/C18H34N6O/c1-5-16-15(17(6-2)23(4)22-16)14-21-18(19-7-3)20-8-9-24-10-12-25-13-11-24/h5-14H2,1-4H3,(H2,19,20,21). The van der Waals surface area contributed by atoms with Gasteiger partial charge in [0.05, 0.1) is 25.5 Å². The van der Waals surface area contributed by atoms with Crippen LogP contribution in [0.4, 0.5) is 0 Å². The minimum atomic E-state index is 0.674. The summed E-state index contributed by atoms with van der Waals surface area (Å²) >= 11 is 0. The molecule has 1 aromatic rings. The highest BCUT2D eigenvalue weighted by molar-refractivity contribution is 5.79. The molecule has 2 heterocycles. The molecule has 0 bridgehead atoms. The van der Waals surface area contributed by atoms with Crippen LogP contribution >= 0.6 is 0 Å². The Balaban J connectivity index is 1.94. The molecule has 2 N–H and O–H groups in total. The molecule has 1 fully saturated rings. The molecular weight excluding hydrogens is 316 g/mol. The van der Waals surface area contributed by atoms with E-state index in [9.17, 15) is 0 Å². The lowest BCUT2D eigenvalue weighted by Gasteiger charge is -2.26. The minimum Gasteiger partial charge on any atom is -0.379 e. The van der Waals surface area contributed by atoms with Crippen LogP contribution in [0.25, 0.3) is 0 Å². The van der Waals surface area contributed by atoms with Crippen LogP contribution in [0.1, 0.15) is 37.7 Å².